The predicted octanol–water partition coefficient (Wildman–Crippen LogP) is 5.34. The van der Waals surface area contributed by atoms with E-state index < -0.39 is 41.1 Å². The summed E-state index contributed by atoms with van der Waals surface area (Å²) in [6, 6.07) is 6.18. The van der Waals surface area contributed by atoms with Crippen molar-refractivity contribution in [1.29, 1.82) is 0 Å². The third-order valence-corrected chi connectivity index (χ3v) is 5.47. The molecule has 1 aliphatic rings. The molecule has 2 heterocycles. The Morgan fingerprint density at radius 2 is 1.85 bits per heavy atom. The molecule has 0 saturated carbocycles. The highest BCUT2D eigenvalue weighted by Crippen LogP contribution is 2.35. The van der Waals surface area contributed by atoms with Gasteiger partial charge in [-0.05, 0) is 45.0 Å². The SMILES string of the molecule is CC(C)(C)OC(=O)N1CC(F)CC1c1nc2cccc(Cl)c2c(=O)n1-c1cc(F)cc(F)c1. The highest BCUT2D eigenvalue weighted by molar-refractivity contribution is 6.35. The van der Waals surface area contributed by atoms with Crippen LogP contribution < -0.4 is 5.56 Å². The summed E-state index contributed by atoms with van der Waals surface area (Å²) < 4.78 is 49.0. The number of amides is 1. The maximum absolute atomic E-state index is 14.5. The first-order valence-corrected chi connectivity index (χ1v) is 10.6. The highest BCUT2D eigenvalue weighted by atomic mass is 35.5. The van der Waals surface area contributed by atoms with Gasteiger partial charge in [0.1, 0.15) is 29.2 Å². The van der Waals surface area contributed by atoms with E-state index in [9.17, 15) is 22.8 Å². The smallest absolute Gasteiger partial charge is 0.411 e. The monoisotopic (exact) mass is 479 g/mol. The minimum absolute atomic E-state index is 0.0335. The van der Waals surface area contributed by atoms with E-state index >= 15 is 0 Å². The van der Waals surface area contributed by atoms with Crippen LogP contribution in [0.2, 0.25) is 5.02 Å². The van der Waals surface area contributed by atoms with Crippen LogP contribution in [0.5, 0.6) is 0 Å². The maximum Gasteiger partial charge on any atom is 0.411 e. The lowest BCUT2D eigenvalue weighted by molar-refractivity contribution is 0.0209. The van der Waals surface area contributed by atoms with Crippen molar-refractivity contribution in [2.45, 2.75) is 45.0 Å². The normalized spacial score (nSPS) is 18.7. The number of aromatic nitrogens is 2. The molecule has 4 rings (SSSR count). The Kier molecular flexibility index (Phi) is 5.86. The van der Waals surface area contributed by atoms with Gasteiger partial charge >= 0.3 is 6.09 Å². The number of halogens is 4. The lowest BCUT2D eigenvalue weighted by Gasteiger charge is -2.29. The molecule has 0 N–H and O–H groups in total. The molecule has 2 aromatic carbocycles. The van der Waals surface area contributed by atoms with E-state index in [1.165, 1.54) is 6.07 Å². The van der Waals surface area contributed by atoms with Crippen LogP contribution in [0.3, 0.4) is 0 Å². The van der Waals surface area contributed by atoms with Gasteiger partial charge in [0.2, 0.25) is 0 Å². The van der Waals surface area contributed by atoms with Crippen molar-refractivity contribution in [1.82, 2.24) is 14.5 Å². The van der Waals surface area contributed by atoms with E-state index in [0.29, 0.717) is 6.07 Å². The van der Waals surface area contributed by atoms with Gasteiger partial charge in [-0.1, -0.05) is 17.7 Å². The first-order valence-electron chi connectivity index (χ1n) is 10.3. The van der Waals surface area contributed by atoms with Crippen molar-refractivity contribution in [2.24, 2.45) is 0 Å². The Morgan fingerprint density at radius 1 is 1.18 bits per heavy atom. The van der Waals surface area contributed by atoms with Crippen LogP contribution in [0.25, 0.3) is 16.6 Å². The lowest BCUT2D eigenvalue weighted by Crippen LogP contribution is -2.39. The van der Waals surface area contributed by atoms with Crippen molar-refractivity contribution in [2.75, 3.05) is 6.54 Å². The topological polar surface area (TPSA) is 64.4 Å². The average Bonchev–Trinajstić information content (AvgIpc) is 3.07. The molecule has 6 nitrogen and oxygen atoms in total. The molecule has 1 saturated heterocycles. The van der Waals surface area contributed by atoms with Crippen molar-refractivity contribution in [3.63, 3.8) is 0 Å². The number of rotatable bonds is 2. The minimum Gasteiger partial charge on any atom is -0.444 e. The molecule has 10 heteroatoms. The fourth-order valence-corrected chi connectivity index (χ4v) is 4.15. The summed E-state index contributed by atoms with van der Waals surface area (Å²) in [5.74, 6) is -1.88. The van der Waals surface area contributed by atoms with Gasteiger partial charge in [0, 0.05) is 12.5 Å². The van der Waals surface area contributed by atoms with Gasteiger partial charge in [0.25, 0.3) is 5.56 Å². The number of hydrogen-bond acceptors (Lipinski definition) is 4. The number of fused-ring (bicyclic) bond motifs is 1. The second-order valence-electron chi connectivity index (χ2n) is 8.85. The molecule has 0 radical (unpaired) electrons. The molecule has 3 aromatic rings. The molecule has 1 aliphatic heterocycles. The van der Waals surface area contributed by atoms with Crippen molar-refractivity contribution >= 4 is 28.6 Å². The highest BCUT2D eigenvalue weighted by Gasteiger charge is 2.41. The van der Waals surface area contributed by atoms with Gasteiger partial charge in [-0.3, -0.25) is 14.3 Å². The number of benzene rings is 2. The third kappa shape index (κ3) is 4.55. The first kappa shape index (κ1) is 23.1. The molecule has 1 fully saturated rings. The summed E-state index contributed by atoms with van der Waals surface area (Å²) in [6.45, 7) is 4.74. The Labute approximate surface area is 192 Å². The second-order valence-corrected chi connectivity index (χ2v) is 9.26. The number of alkyl halides is 1. The van der Waals surface area contributed by atoms with E-state index in [-0.39, 0.29) is 40.4 Å². The van der Waals surface area contributed by atoms with Crippen molar-refractivity contribution < 1.29 is 22.7 Å². The lowest BCUT2D eigenvalue weighted by atomic mass is 10.1. The van der Waals surface area contributed by atoms with Gasteiger partial charge < -0.3 is 4.74 Å². The quantitative estimate of drug-likeness (QED) is 0.498. The molecule has 2 unspecified atom stereocenters. The molecule has 174 valence electrons. The number of likely N-dealkylation sites (tertiary alicyclic amines) is 1. The summed E-state index contributed by atoms with van der Waals surface area (Å²) >= 11 is 6.23. The molecule has 1 amide bonds. The van der Waals surface area contributed by atoms with Crippen LogP contribution in [-0.4, -0.2) is 38.9 Å². The zero-order valence-corrected chi connectivity index (χ0v) is 18.9. The number of hydrogen-bond donors (Lipinski definition) is 0. The molecule has 0 aliphatic carbocycles. The van der Waals surface area contributed by atoms with Gasteiger partial charge in [-0.2, -0.15) is 0 Å². The van der Waals surface area contributed by atoms with Crippen LogP contribution >= 0.6 is 11.6 Å². The van der Waals surface area contributed by atoms with Crippen LogP contribution in [0.15, 0.2) is 41.2 Å². The third-order valence-electron chi connectivity index (χ3n) is 5.15. The minimum atomic E-state index is -1.41. The fourth-order valence-electron chi connectivity index (χ4n) is 3.90. The average molecular weight is 480 g/mol. The zero-order valence-electron chi connectivity index (χ0n) is 18.1. The van der Waals surface area contributed by atoms with E-state index in [2.05, 4.69) is 4.98 Å². The molecule has 33 heavy (non-hydrogen) atoms. The largest absolute Gasteiger partial charge is 0.444 e. The zero-order chi connectivity index (χ0) is 24.1. The van der Waals surface area contributed by atoms with Gasteiger partial charge in [-0.15, -0.1) is 0 Å². The summed E-state index contributed by atoms with van der Waals surface area (Å²) in [7, 11) is 0. The molecule has 2 atom stereocenters. The van der Waals surface area contributed by atoms with E-state index in [1.54, 1.807) is 32.9 Å². The fraction of sp³-hybridized carbons (Fsp3) is 0.348. The van der Waals surface area contributed by atoms with Crippen LogP contribution in [0, 0.1) is 11.6 Å². The standard InChI is InChI=1S/C23H21ClF3N3O3/c1-23(2,3)33-22(32)29-11-14(27)10-18(29)20-28-17-6-4-5-16(24)19(17)21(31)30(20)15-8-12(25)7-13(26)9-15/h4-9,14,18H,10-11H2,1-3H3. The Morgan fingerprint density at radius 3 is 2.48 bits per heavy atom. The van der Waals surface area contributed by atoms with Crippen molar-refractivity contribution in [3.8, 4) is 5.69 Å². The molecule has 1 aromatic heterocycles. The van der Waals surface area contributed by atoms with Crippen LogP contribution in [0.1, 0.15) is 39.1 Å². The van der Waals surface area contributed by atoms with Gasteiger partial charge in [0.15, 0.2) is 0 Å². The Bertz CT molecular complexity index is 1290. The molecular formula is C23H21ClF3N3O3. The number of carbonyl (C=O) groups excluding carboxylic acids is 1. The van der Waals surface area contributed by atoms with Crippen LogP contribution in [-0.2, 0) is 4.74 Å². The summed E-state index contributed by atoms with van der Waals surface area (Å²) in [4.78, 5) is 32.0. The van der Waals surface area contributed by atoms with Crippen molar-refractivity contribution in [3.05, 3.63) is 69.2 Å². The van der Waals surface area contributed by atoms with Crippen LogP contribution in [0.4, 0.5) is 18.0 Å². The molecule has 0 spiro atoms. The summed E-state index contributed by atoms with van der Waals surface area (Å²) in [5, 5.41) is 0.132. The van der Waals surface area contributed by atoms with E-state index in [0.717, 1.165) is 21.6 Å². The Hall–Kier alpha value is -3.07. The van der Waals surface area contributed by atoms with Gasteiger partial charge in [-0.25, -0.2) is 22.9 Å². The van der Waals surface area contributed by atoms with Gasteiger partial charge in [0.05, 0.1) is 34.2 Å². The van der Waals surface area contributed by atoms with E-state index in [1.807, 2.05) is 0 Å². The number of ether oxygens (including phenoxy) is 1. The summed E-state index contributed by atoms with van der Waals surface area (Å²) in [5.41, 5.74) is -1.49. The molecular weight excluding hydrogens is 459 g/mol. The number of nitrogens with zero attached hydrogens (tertiary/aromatic N) is 3. The molecule has 0 bridgehead atoms. The predicted molar refractivity (Wildman–Crippen MR) is 117 cm³/mol. The second kappa shape index (κ2) is 8.37. The Balaban J connectivity index is 1.98. The van der Waals surface area contributed by atoms with E-state index in [4.69, 9.17) is 16.3 Å². The summed E-state index contributed by atoms with van der Waals surface area (Å²) in [6.07, 6.45) is -2.37. The maximum atomic E-state index is 14.5. The first-order chi connectivity index (χ1) is 15.4. The number of carbonyl (C=O) groups is 1.